The number of halogens is 2. The topological polar surface area (TPSA) is 96.9 Å². The molecule has 0 saturated heterocycles. The van der Waals surface area contributed by atoms with E-state index >= 15 is 0 Å². The molecule has 0 aliphatic carbocycles. The number of carbonyl (C=O) groups is 3. The standard InChI is InChI=1S/C23H17Cl2N3O4/c1-14(27-28-22(30)21(29)26-18-12-7-11-17(24)20(18)25)16-10-5-6-13-19(16)32-23(31)15-8-3-2-4-9-15/h2-13H,1H3,(H,26,29)(H,28,30)/b27-14+. The maximum Gasteiger partial charge on any atom is 0.343 e. The molecule has 162 valence electrons. The molecule has 0 aliphatic rings. The first-order valence-corrected chi connectivity index (χ1v) is 10.1. The first-order valence-electron chi connectivity index (χ1n) is 9.33. The van der Waals surface area contributed by atoms with Crippen LogP contribution < -0.4 is 15.5 Å². The number of hydrogen-bond acceptors (Lipinski definition) is 5. The Morgan fingerprint density at radius 1 is 0.844 bits per heavy atom. The number of nitrogens with zero attached hydrogens (tertiary/aromatic N) is 1. The van der Waals surface area contributed by atoms with Crippen molar-refractivity contribution in [1.29, 1.82) is 0 Å². The van der Waals surface area contributed by atoms with E-state index in [4.69, 9.17) is 27.9 Å². The lowest BCUT2D eigenvalue weighted by Gasteiger charge is -2.10. The molecular formula is C23H17Cl2N3O4. The quantitative estimate of drug-likeness (QED) is 0.186. The number of hydrogen-bond donors (Lipinski definition) is 2. The van der Waals surface area contributed by atoms with Crippen LogP contribution in [0.3, 0.4) is 0 Å². The third-order valence-electron chi connectivity index (χ3n) is 4.22. The van der Waals surface area contributed by atoms with Gasteiger partial charge in [0.25, 0.3) is 0 Å². The lowest BCUT2D eigenvalue weighted by molar-refractivity contribution is -0.136. The van der Waals surface area contributed by atoms with E-state index in [-0.39, 0.29) is 21.5 Å². The summed E-state index contributed by atoms with van der Waals surface area (Å²) >= 11 is 11.9. The highest BCUT2D eigenvalue weighted by atomic mass is 35.5. The van der Waals surface area contributed by atoms with E-state index in [1.807, 2.05) is 0 Å². The second-order valence-corrected chi connectivity index (χ2v) is 7.23. The fraction of sp³-hybridized carbons (Fsp3) is 0.0435. The van der Waals surface area contributed by atoms with Crippen LogP contribution >= 0.6 is 23.2 Å². The monoisotopic (exact) mass is 469 g/mol. The van der Waals surface area contributed by atoms with Crippen molar-refractivity contribution in [3.05, 3.63) is 94.0 Å². The second kappa shape index (κ2) is 10.6. The Balaban J connectivity index is 1.69. The van der Waals surface area contributed by atoms with Gasteiger partial charge in [-0.25, -0.2) is 10.2 Å². The fourth-order valence-corrected chi connectivity index (χ4v) is 2.96. The van der Waals surface area contributed by atoms with Crippen molar-refractivity contribution in [1.82, 2.24) is 5.43 Å². The summed E-state index contributed by atoms with van der Waals surface area (Å²) in [4.78, 5) is 36.6. The van der Waals surface area contributed by atoms with Gasteiger partial charge >= 0.3 is 17.8 Å². The molecule has 0 saturated carbocycles. The zero-order valence-corrected chi connectivity index (χ0v) is 18.3. The average molecular weight is 470 g/mol. The van der Waals surface area contributed by atoms with Gasteiger partial charge in [-0.15, -0.1) is 0 Å². The Kier molecular flexibility index (Phi) is 7.59. The van der Waals surface area contributed by atoms with Crippen LogP contribution in [0.25, 0.3) is 0 Å². The number of anilines is 1. The molecule has 2 amide bonds. The van der Waals surface area contributed by atoms with Crippen LogP contribution in [0.15, 0.2) is 77.9 Å². The number of esters is 1. The van der Waals surface area contributed by atoms with Crippen molar-refractivity contribution >= 4 is 52.4 Å². The number of hydrazone groups is 1. The van der Waals surface area contributed by atoms with Crippen LogP contribution in [0.5, 0.6) is 5.75 Å². The predicted octanol–water partition coefficient (Wildman–Crippen LogP) is 4.69. The molecular weight excluding hydrogens is 453 g/mol. The summed E-state index contributed by atoms with van der Waals surface area (Å²) in [5.74, 6) is -2.27. The summed E-state index contributed by atoms with van der Waals surface area (Å²) in [6.45, 7) is 1.60. The maximum absolute atomic E-state index is 12.4. The highest BCUT2D eigenvalue weighted by Crippen LogP contribution is 2.29. The number of nitrogens with one attached hydrogen (secondary N) is 2. The molecule has 7 nitrogen and oxygen atoms in total. The van der Waals surface area contributed by atoms with Crippen LogP contribution in [0.1, 0.15) is 22.8 Å². The Bertz CT molecular complexity index is 1200. The SMILES string of the molecule is C/C(=N\NC(=O)C(=O)Nc1cccc(Cl)c1Cl)c1ccccc1OC(=O)c1ccccc1. The average Bonchev–Trinajstić information content (AvgIpc) is 2.81. The molecule has 2 N–H and O–H groups in total. The molecule has 9 heteroatoms. The van der Waals surface area contributed by atoms with Crippen LogP contribution in [0, 0.1) is 0 Å². The summed E-state index contributed by atoms with van der Waals surface area (Å²) in [6.07, 6.45) is 0. The first kappa shape index (κ1) is 23.0. The van der Waals surface area contributed by atoms with Gasteiger partial charge in [-0.05, 0) is 43.3 Å². The Morgan fingerprint density at radius 3 is 2.28 bits per heavy atom. The van der Waals surface area contributed by atoms with Gasteiger partial charge in [0, 0.05) is 5.56 Å². The maximum atomic E-state index is 12.4. The number of rotatable bonds is 5. The molecule has 3 rings (SSSR count). The van der Waals surface area contributed by atoms with Gasteiger partial charge in [-0.2, -0.15) is 5.10 Å². The molecule has 0 aromatic heterocycles. The van der Waals surface area contributed by atoms with Crippen molar-refractivity contribution in [3.63, 3.8) is 0 Å². The number of benzene rings is 3. The summed E-state index contributed by atoms with van der Waals surface area (Å²) in [6, 6.07) is 19.9. The summed E-state index contributed by atoms with van der Waals surface area (Å²) < 4.78 is 5.47. The number of ether oxygens (including phenoxy) is 1. The Morgan fingerprint density at radius 2 is 1.53 bits per heavy atom. The van der Waals surface area contributed by atoms with Crippen LogP contribution in [0.4, 0.5) is 5.69 Å². The first-order chi connectivity index (χ1) is 15.4. The lowest BCUT2D eigenvalue weighted by atomic mass is 10.1. The molecule has 0 heterocycles. The van der Waals surface area contributed by atoms with E-state index in [1.165, 1.54) is 6.07 Å². The predicted molar refractivity (Wildman–Crippen MR) is 123 cm³/mol. The zero-order valence-electron chi connectivity index (χ0n) is 16.8. The molecule has 3 aromatic carbocycles. The van der Waals surface area contributed by atoms with Crippen molar-refractivity contribution < 1.29 is 19.1 Å². The minimum Gasteiger partial charge on any atom is -0.422 e. The van der Waals surface area contributed by atoms with Crippen LogP contribution in [-0.4, -0.2) is 23.5 Å². The van der Waals surface area contributed by atoms with E-state index in [0.717, 1.165) is 0 Å². The second-order valence-electron chi connectivity index (χ2n) is 6.45. The van der Waals surface area contributed by atoms with Crippen LogP contribution in [-0.2, 0) is 9.59 Å². The molecule has 0 unspecified atom stereocenters. The molecule has 0 bridgehead atoms. The molecule has 0 spiro atoms. The van der Waals surface area contributed by atoms with Gasteiger partial charge in [0.05, 0.1) is 27.0 Å². The molecule has 0 atom stereocenters. The summed E-state index contributed by atoms with van der Waals surface area (Å²) in [5.41, 5.74) is 3.54. The number of carbonyl (C=O) groups excluding carboxylic acids is 3. The van der Waals surface area contributed by atoms with Gasteiger partial charge in [-0.1, -0.05) is 59.6 Å². The highest BCUT2D eigenvalue weighted by Gasteiger charge is 2.17. The normalized spacial score (nSPS) is 10.9. The zero-order chi connectivity index (χ0) is 23.1. The Hall–Kier alpha value is -3.68. The Labute approximate surface area is 194 Å². The molecule has 0 aliphatic heterocycles. The van der Waals surface area contributed by atoms with E-state index in [0.29, 0.717) is 16.8 Å². The van der Waals surface area contributed by atoms with E-state index < -0.39 is 17.8 Å². The number of amides is 2. The third-order valence-corrected chi connectivity index (χ3v) is 5.04. The molecule has 0 fully saturated rings. The van der Waals surface area contributed by atoms with Gasteiger partial charge < -0.3 is 10.1 Å². The minimum absolute atomic E-state index is 0.115. The van der Waals surface area contributed by atoms with E-state index in [9.17, 15) is 14.4 Å². The minimum atomic E-state index is -1.01. The molecule has 32 heavy (non-hydrogen) atoms. The molecule has 0 radical (unpaired) electrons. The van der Waals surface area contributed by atoms with E-state index in [1.54, 1.807) is 73.7 Å². The fourth-order valence-electron chi connectivity index (χ4n) is 2.61. The van der Waals surface area contributed by atoms with Crippen molar-refractivity contribution in [3.8, 4) is 5.75 Å². The third kappa shape index (κ3) is 5.72. The smallest absolute Gasteiger partial charge is 0.343 e. The van der Waals surface area contributed by atoms with E-state index in [2.05, 4.69) is 15.8 Å². The number of para-hydroxylation sites is 1. The van der Waals surface area contributed by atoms with Crippen molar-refractivity contribution in [2.45, 2.75) is 6.92 Å². The largest absolute Gasteiger partial charge is 0.422 e. The summed E-state index contributed by atoms with van der Waals surface area (Å²) in [7, 11) is 0. The summed E-state index contributed by atoms with van der Waals surface area (Å²) in [5, 5.41) is 6.66. The lowest BCUT2D eigenvalue weighted by Crippen LogP contribution is -2.33. The van der Waals surface area contributed by atoms with Gasteiger partial charge in [-0.3, -0.25) is 9.59 Å². The molecule has 3 aromatic rings. The van der Waals surface area contributed by atoms with Crippen molar-refractivity contribution in [2.75, 3.05) is 5.32 Å². The van der Waals surface area contributed by atoms with Gasteiger partial charge in [0.15, 0.2) is 0 Å². The van der Waals surface area contributed by atoms with Gasteiger partial charge in [0.1, 0.15) is 5.75 Å². The highest BCUT2D eigenvalue weighted by molar-refractivity contribution is 6.45. The van der Waals surface area contributed by atoms with Crippen LogP contribution in [0.2, 0.25) is 10.0 Å². The van der Waals surface area contributed by atoms with Crippen molar-refractivity contribution in [2.24, 2.45) is 5.10 Å². The van der Waals surface area contributed by atoms with Gasteiger partial charge in [0.2, 0.25) is 0 Å².